The Kier molecular flexibility index (Phi) is 3.81. The first-order valence-corrected chi connectivity index (χ1v) is 7.79. The summed E-state index contributed by atoms with van der Waals surface area (Å²) in [6.45, 7) is 7.63. The highest BCUT2D eigenvalue weighted by molar-refractivity contribution is 5.34. The van der Waals surface area contributed by atoms with Crippen LogP contribution in [0.25, 0.3) is 0 Å². The topological polar surface area (TPSA) is 24.9 Å². The molecule has 0 amide bonds. The molecule has 1 heterocycles. The molecule has 0 aliphatic heterocycles. The normalized spacial score (nSPS) is 20.0. The second-order valence-corrected chi connectivity index (χ2v) is 6.81. The van der Waals surface area contributed by atoms with E-state index in [1.54, 1.807) is 0 Å². The van der Waals surface area contributed by atoms with Crippen LogP contribution in [-0.4, -0.2) is 4.98 Å². The van der Waals surface area contributed by atoms with Crippen LogP contribution in [0.15, 0.2) is 42.6 Å². The third-order valence-electron chi connectivity index (χ3n) is 4.67. The average molecular weight is 280 g/mol. The van der Waals surface area contributed by atoms with Gasteiger partial charge in [0, 0.05) is 24.5 Å². The van der Waals surface area contributed by atoms with Gasteiger partial charge in [-0.3, -0.25) is 4.98 Å². The molecule has 0 fully saturated rings. The van der Waals surface area contributed by atoms with E-state index in [0.717, 1.165) is 12.2 Å². The Morgan fingerprint density at radius 2 is 2.00 bits per heavy atom. The van der Waals surface area contributed by atoms with E-state index in [-0.39, 0.29) is 5.41 Å². The largest absolute Gasteiger partial charge is 0.305 e. The van der Waals surface area contributed by atoms with Gasteiger partial charge in [0.2, 0.25) is 0 Å². The molecule has 0 radical (unpaired) electrons. The van der Waals surface area contributed by atoms with Crippen molar-refractivity contribution in [2.45, 2.75) is 46.2 Å². The second kappa shape index (κ2) is 5.61. The van der Waals surface area contributed by atoms with Crippen LogP contribution < -0.4 is 5.32 Å². The van der Waals surface area contributed by atoms with Crippen LogP contribution in [0.3, 0.4) is 0 Å². The van der Waals surface area contributed by atoms with Crippen molar-refractivity contribution in [1.82, 2.24) is 10.3 Å². The Bertz CT molecular complexity index is 614. The molecule has 2 heteroatoms. The van der Waals surface area contributed by atoms with Crippen LogP contribution in [0.2, 0.25) is 0 Å². The molecule has 1 aromatic heterocycles. The standard InChI is InChI=1S/C19H24N2/c1-14-8-9-15(12-20-14)13-21-18-17-7-5-4-6-16(17)10-11-19(18,2)3/h4-9,12,18,21H,10-11,13H2,1-3H3. The van der Waals surface area contributed by atoms with E-state index in [1.165, 1.54) is 29.5 Å². The van der Waals surface area contributed by atoms with Gasteiger partial charge in [-0.1, -0.05) is 44.2 Å². The predicted molar refractivity (Wildman–Crippen MR) is 87.1 cm³/mol. The maximum absolute atomic E-state index is 4.38. The summed E-state index contributed by atoms with van der Waals surface area (Å²) in [5.41, 5.74) is 5.57. The lowest BCUT2D eigenvalue weighted by atomic mass is 9.70. The minimum absolute atomic E-state index is 0.284. The Hall–Kier alpha value is -1.67. The summed E-state index contributed by atoms with van der Waals surface area (Å²) in [4.78, 5) is 4.38. The second-order valence-electron chi connectivity index (χ2n) is 6.81. The van der Waals surface area contributed by atoms with Crippen molar-refractivity contribution in [3.63, 3.8) is 0 Å². The molecule has 0 spiro atoms. The molecule has 1 aliphatic carbocycles. The smallest absolute Gasteiger partial charge is 0.0377 e. The quantitative estimate of drug-likeness (QED) is 0.911. The minimum atomic E-state index is 0.284. The molecule has 3 rings (SSSR count). The summed E-state index contributed by atoms with van der Waals surface area (Å²) >= 11 is 0. The Labute approximate surface area is 127 Å². The number of hydrogen-bond donors (Lipinski definition) is 1. The molecule has 110 valence electrons. The number of pyridine rings is 1. The first-order valence-electron chi connectivity index (χ1n) is 7.79. The molecule has 1 N–H and O–H groups in total. The van der Waals surface area contributed by atoms with Gasteiger partial charge in [0.05, 0.1) is 0 Å². The summed E-state index contributed by atoms with van der Waals surface area (Å²) in [6.07, 6.45) is 4.39. The van der Waals surface area contributed by atoms with E-state index in [1.807, 2.05) is 13.1 Å². The van der Waals surface area contributed by atoms with E-state index in [2.05, 4.69) is 60.5 Å². The number of nitrogens with one attached hydrogen (secondary N) is 1. The van der Waals surface area contributed by atoms with Crippen molar-refractivity contribution in [3.8, 4) is 0 Å². The SMILES string of the molecule is Cc1ccc(CNC2c3ccccc3CCC2(C)C)cn1. The maximum atomic E-state index is 4.38. The van der Waals surface area contributed by atoms with Gasteiger partial charge >= 0.3 is 0 Å². The fourth-order valence-corrected chi connectivity index (χ4v) is 3.27. The van der Waals surface area contributed by atoms with Gasteiger partial charge in [-0.25, -0.2) is 0 Å². The van der Waals surface area contributed by atoms with Crippen molar-refractivity contribution >= 4 is 0 Å². The van der Waals surface area contributed by atoms with Crippen LogP contribution in [0.1, 0.15) is 48.7 Å². The van der Waals surface area contributed by atoms with Gasteiger partial charge in [-0.15, -0.1) is 0 Å². The molecule has 2 aromatic rings. The highest BCUT2D eigenvalue weighted by Gasteiger charge is 2.35. The highest BCUT2D eigenvalue weighted by Crippen LogP contribution is 2.43. The third kappa shape index (κ3) is 3.01. The van der Waals surface area contributed by atoms with Gasteiger partial charge in [-0.2, -0.15) is 0 Å². The summed E-state index contributed by atoms with van der Waals surface area (Å²) in [7, 11) is 0. The first-order chi connectivity index (χ1) is 10.1. The fraction of sp³-hybridized carbons (Fsp3) is 0.421. The number of nitrogens with zero attached hydrogens (tertiary/aromatic N) is 1. The van der Waals surface area contributed by atoms with E-state index < -0.39 is 0 Å². The molecule has 1 atom stereocenters. The number of hydrogen-bond acceptors (Lipinski definition) is 2. The first kappa shape index (κ1) is 14.3. The number of rotatable bonds is 3. The van der Waals surface area contributed by atoms with Crippen molar-refractivity contribution < 1.29 is 0 Å². The van der Waals surface area contributed by atoms with Crippen molar-refractivity contribution in [2.24, 2.45) is 5.41 Å². The average Bonchev–Trinajstić information content (AvgIpc) is 2.48. The molecule has 2 nitrogen and oxygen atoms in total. The number of fused-ring (bicyclic) bond motifs is 1. The zero-order valence-electron chi connectivity index (χ0n) is 13.2. The van der Waals surface area contributed by atoms with E-state index in [0.29, 0.717) is 6.04 Å². The maximum Gasteiger partial charge on any atom is 0.0377 e. The van der Waals surface area contributed by atoms with Crippen LogP contribution in [-0.2, 0) is 13.0 Å². The molecule has 1 aliphatic rings. The van der Waals surface area contributed by atoms with Crippen molar-refractivity contribution in [2.75, 3.05) is 0 Å². The predicted octanol–water partition coefficient (Wildman–Crippen LogP) is 4.19. The summed E-state index contributed by atoms with van der Waals surface area (Å²) < 4.78 is 0. The Balaban J connectivity index is 1.81. The fourth-order valence-electron chi connectivity index (χ4n) is 3.27. The molecule has 0 saturated carbocycles. The van der Waals surface area contributed by atoms with Crippen LogP contribution >= 0.6 is 0 Å². The van der Waals surface area contributed by atoms with E-state index in [9.17, 15) is 0 Å². The van der Waals surface area contributed by atoms with Crippen molar-refractivity contribution in [3.05, 3.63) is 65.0 Å². The van der Waals surface area contributed by atoms with Gasteiger partial charge in [0.15, 0.2) is 0 Å². The number of aryl methyl sites for hydroxylation is 2. The zero-order chi connectivity index (χ0) is 14.9. The lowest BCUT2D eigenvalue weighted by Gasteiger charge is -2.40. The Morgan fingerprint density at radius 3 is 2.76 bits per heavy atom. The number of aromatic nitrogens is 1. The molecule has 1 aromatic carbocycles. The van der Waals surface area contributed by atoms with Gasteiger partial charge < -0.3 is 5.32 Å². The summed E-state index contributed by atoms with van der Waals surface area (Å²) in [5, 5.41) is 3.76. The minimum Gasteiger partial charge on any atom is -0.305 e. The molecular formula is C19H24N2. The number of benzene rings is 1. The molecule has 0 bridgehead atoms. The van der Waals surface area contributed by atoms with E-state index >= 15 is 0 Å². The summed E-state index contributed by atoms with van der Waals surface area (Å²) in [6, 6.07) is 13.5. The lowest BCUT2D eigenvalue weighted by molar-refractivity contribution is 0.208. The highest BCUT2D eigenvalue weighted by atomic mass is 14.9. The van der Waals surface area contributed by atoms with Crippen LogP contribution in [0.5, 0.6) is 0 Å². The van der Waals surface area contributed by atoms with Crippen LogP contribution in [0, 0.1) is 12.3 Å². The van der Waals surface area contributed by atoms with E-state index in [4.69, 9.17) is 0 Å². The van der Waals surface area contributed by atoms with Crippen LogP contribution in [0.4, 0.5) is 0 Å². The molecule has 0 saturated heterocycles. The van der Waals surface area contributed by atoms with Gasteiger partial charge in [0.1, 0.15) is 0 Å². The van der Waals surface area contributed by atoms with Gasteiger partial charge in [0.25, 0.3) is 0 Å². The Morgan fingerprint density at radius 1 is 1.19 bits per heavy atom. The summed E-state index contributed by atoms with van der Waals surface area (Å²) in [5.74, 6) is 0. The molecule has 21 heavy (non-hydrogen) atoms. The lowest BCUT2D eigenvalue weighted by Crippen LogP contribution is -2.37. The molecular weight excluding hydrogens is 256 g/mol. The monoisotopic (exact) mass is 280 g/mol. The molecule has 1 unspecified atom stereocenters. The van der Waals surface area contributed by atoms with Gasteiger partial charge in [-0.05, 0) is 47.9 Å². The zero-order valence-corrected chi connectivity index (χ0v) is 13.2. The van der Waals surface area contributed by atoms with Crippen molar-refractivity contribution in [1.29, 1.82) is 0 Å². The third-order valence-corrected chi connectivity index (χ3v) is 4.67.